The zero-order valence-corrected chi connectivity index (χ0v) is 11.0. The highest BCUT2D eigenvalue weighted by Crippen LogP contribution is 2.36. The fourth-order valence-electron chi connectivity index (χ4n) is 0.667. The molecule has 0 bridgehead atoms. The predicted molar refractivity (Wildman–Crippen MR) is 61.8 cm³/mol. The third-order valence-electron chi connectivity index (χ3n) is 2.74. The van der Waals surface area contributed by atoms with Crippen LogP contribution in [0.25, 0.3) is 10.4 Å². The second-order valence-corrected chi connectivity index (χ2v) is 9.93. The Kier molecular flexibility index (Phi) is 4.64. The maximum absolute atomic E-state index is 8.24. The first-order valence-electron chi connectivity index (χ1n) is 4.89. The standard InChI is InChI=1S/C9H21N3OSi/c1-8(11-12-10)7-13-14(5,6)9(2,3)4/h8H,7H2,1-6H3. The van der Waals surface area contributed by atoms with E-state index in [9.17, 15) is 0 Å². The molecule has 0 radical (unpaired) electrons. The molecule has 1 unspecified atom stereocenters. The Balaban J connectivity index is 4.19. The summed E-state index contributed by atoms with van der Waals surface area (Å²) in [6.45, 7) is 13.4. The summed E-state index contributed by atoms with van der Waals surface area (Å²) in [6.07, 6.45) is 0. The summed E-state index contributed by atoms with van der Waals surface area (Å²) < 4.78 is 5.88. The van der Waals surface area contributed by atoms with Gasteiger partial charge in [-0.2, -0.15) is 0 Å². The maximum atomic E-state index is 8.24. The molecule has 0 aromatic heterocycles. The summed E-state index contributed by atoms with van der Waals surface area (Å²) in [5, 5.41) is 3.80. The fourth-order valence-corrected chi connectivity index (χ4v) is 1.76. The van der Waals surface area contributed by atoms with Crippen LogP contribution in [0.1, 0.15) is 27.7 Å². The van der Waals surface area contributed by atoms with E-state index in [2.05, 4.69) is 43.9 Å². The summed E-state index contributed by atoms with van der Waals surface area (Å²) in [6, 6.07) is -0.0749. The molecule has 4 nitrogen and oxygen atoms in total. The van der Waals surface area contributed by atoms with E-state index in [0.29, 0.717) is 6.61 Å². The van der Waals surface area contributed by atoms with Gasteiger partial charge in [-0.15, -0.1) is 0 Å². The fraction of sp³-hybridized carbons (Fsp3) is 1.00. The molecule has 0 aromatic carbocycles. The van der Waals surface area contributed by atoms with Gasteiger partial charge >= 0.3 is 0 Å². The van der Waals surface area contributed by atoms with Crippen LogP contribution in [0.4, 0.5) is 0 Å². The lowest BCUT2D eigenvalue weighted by Gasteiger charge is -2.36. The van der Waals surface area contributed by atoms with E-state index in [1.165, 1.54) is 0 Å². The first kappa shape index (κ1) is 13.5. The van der Waals surface area contributed by atoms with Crippen LogP contribution in [0, 0.1) is 0 Å². The molecule has 0 amide bonds. The van der Waals surface area contributed by atoms with Crippen LogP contribution >= 0.6 is 0 Å². The van der Waals surface area contributed by atoms with Crippen molar-refractivity contribution in [2.75, 3.05) is 6.61 Å². The van der Waals surface area contributed by atoms with Crippen LogP contribution < -0.4 is 0 Å². The molecular weight excluding hydrogens is 194 g/mol. The van der Waals surface area contributed by atoms with Crippen LogP contribution in [-0.4, -0.2) is 21.0 Å². The van der Waals surface area contributed by atoms with Gasteiger partial charge in [-0.25, -0.2) is 0 Å². The van der Waals surface area contributed by atoms with E-state index >= 15 is 0 Å². The average Bonchev–Trinajstić information content (AvgIpc) is 1.99. The van der Waals surface area contributed by atoms with Gasteiger partial charge in [-0.05, 0) is 23.7 Å². The molecule has 1 atom stereocenters. The van der Waals surface area contributed by atoms with Gasteiger partial charge in [0.1, 0.15) is 0 Å². The van der Waals surface area contributed by atoms with E-state index in [1.54, 1.807) is 0 Å². The lowest BCUT2D eigenvalue weighted by Crippen LogP contribution is -2.42. The van der Waals surface area contributed by atoms with Crippen molar-refractivity contribution in [2.24, 2.45) is 5.11 Å². The monoisotopic (exact) mass is 215 g/mol. The number of hydrogen-bond acceptors (Lipinski definition) is 2. The molecule has 0 aliphatic heterocycles. The van der Waals surface area contributed by atoms with Gasteiger partial charge in [0, 0.05) is 11.5 Å². The van der Waals surface area contributed by atoms with Crippen molar-refractivity contribution < 1.29 is 4.43 Å². The zero-order chi connectivity index (χ0) is 11.4. The minimum atomic E-state index is -1.68. The minimum Gasteiger partial charge on any atom is -0.416 e. The van der Waals surface area contributed by atoms with Gasteiger partial charge in [0.15, 0.2) is 8.32 Å². The molecular formula is C9H21N3OSi. The van der Waals surface area contributed by atoms with Crippen molar-refractivity contribution >= 4 is 8.32 Å². The van der Waals surface area contributed by atoms with Crippen LogP contribution in [0.2, 0.25) is 18.1 Å². The van der Waals surface area contributed by atoms with Gasteiger partial charge in [0.05, 0.1) is 6.04 Å². The van der Waals surface area contributed by atoms with E-state index < -0.39 is 8.32 Å². The van der Waals surface area contributed by atoms with Crippen molar-refractivity contribution in [1.82, 2.24) is 0 Å². The van der Waals surface area contributed by atoms with Crippen molar-refractivity contribution in [3.8, 4) is 0 Å². The second-order valence-electron chi connectivity index (χ2n) is 5.13. The summed E-state index contributed by atoms with van der Waals surface area (Å²) in [4.78, 5) is 2.76. The van der Waals surface area contributed by atoms with Crippen LogP contribution in [0.15, 0.2) is 5.11 Å². The van der Waals surface area contributed by atoms with Gasteiger partial charge in [0.25, 0.3) is 0 Å². The first-order valence-corrected chi connectivity index (χ1v) is 7.79. The van der Waals surface area contributed by atoms with Gasteiger partial charge in [0.2, 0.25) is 0 Å². The molecule has 0 heterocycles. The van der Waals surface area contributed by atoms with E-state index in [0.717, 1.165) is 0 Å². The predicted octanol–water partition coefficient (Wildman–Crippen LogP) is 3.71. The van der Waals surface area contributed by atoms with Crippen molar-refractivity contribution in [2.45, 2.75) is 51.9 Å². The summed E-state index contributed by atoms with van der Waals surface area (Å²) in [5.74, 6) is 0. The highest BCUT2D eigenvalue weighted by Gasteiger charge is 2.37. The highest BCUT2D eigenvalue weighted by molar-refractivity contribution is 6.74. The Hall–Kier alpha value is -0.513. The summed E-state index contributed by atoms with van der Waals surface area (Å²) in [5.41, 5.74) is 8.24. The minimum absolute atomic E-state index is 0.0749. The number of hydrogen-bond donors (Lipinski definition) is 0. The van der Waals surface area contributed by atoms with E-state index in [1.807, 2.05) is 6.92 Å². The molecule has 82 valence electrons. The Labute approximate surface area is 87.4 Å². The third-order valence-corrected chi connectivity index (χ3v) is 7.24. The molecule has 5 heteroatoms. The van der Waals surface area contributed by atoms with E-state index in [4.69, 9.17) is 9.96 Å². The first-order chi connectivity index (χ1) is 6.20. The van der Waals surface area contributed by atoms with Gasteiger partial charge in [-0.1, -0.05) is 32.8 Å². The smallest absolute Gasteiger partial charge is 0.191 e. The lowest BCUT2D eigenvalue weighted by molar-refractivity contribution is 0.269. The molecule has 0 fully saturated rings. The molecule has 0 aliphatic rings. The van der Waals surface area contributed by atoms with Crippen LogP contribution in [-0.2, 0) is 4.43 Å². The maximum Gasteiger partial charge on any atom is 0.191 e. The molecule has 0 spiro atoms. The molecule has 0 rings (SSSR count). The lowest BCUT2D eigenvalue weighted by atomic mass is 10.2. The van der Waals surface area contributed by atoms with Crippen LogP contribution in [0.3, 0.4) is 0 Å². The van der Waals surface area contributed by atoms with Gasteiger partial charge < -0.3 is 4.43 Å². The molecule has 0 N–H and O–H groups in total. The summed E-state index contributed by atoms with van der Waals surface area (Å²) >= 11 is 0. The number of rotatable bonds is 4. The second kappa shape index (κ2) is 4.82. The largest absolute Gasteiger partial charge is 0.416 e. The van der Waals surface area contributed by atoms with E-state index in [-0.39, 0.29) is 11.1 Å². The van der Waals surface area contributed by atoms with Crippen LogP contribution in [0.5, 0.6) is 0 Å². The SMILES string of the molecule is CC(CO[Si](C)(C)C(C)(C)C)N=[N+]=[N-]. The molecule has 0 saturated heterocycles. The quantitative estimate of drug-likeness (QED) is 0.305. The Morgan fingerprint density at radius 3 is 2.29 bits per heavy atom. The Morgan fingerprint density at radius 1 is 1.43 bits per heavy atom. The third kappa shape index (κ3) is 4.13. The molecule has 0 aromatic rings. The molecule has 0 saturated carbocycles. The number of nitrogens with zero attached hydrogens (tertiary/aromatic N) is 3. The Bertz CT molecular complexity index is 229. The van der Waals surface area contributed by atoms with Crippen molar-refractivity contribution in [3.63, 3.8) is 0 Å². The van der Waals surface area contributed by atoms with Crippen molar-refractivity contribution in [1.29, 1.82) is 0 Å². The molecule has 0 aliphatic carbocycles. The van der Waals surface area contributed by atoms with Crippen molar-refractivity contribution in [3.05, 3.63) is 10.4 Å². The normalized spacial score (nSPS) is 14.7. The topological polar surface area (TPSA) is 58.0 Å². The zero-order valence-electron chi connectivity index (χ0n) is 10.0. The highest BCUT2D eigenvalue weighted by atomic mass is 28.4. The Morgan fingerprint density at radius 2 is 1.93 bits per heavy atom. The number of azide groups is 1. The average molecular weight is 215 g/mol. The molecule has 14 heavy (non-hydrogen) atoms. The van der Waals surface area contributed by atoms with Gasteiger partial charge in [-0.3, -0.25) is 0 Å². The summed E-state index contributed by atoms with van der Waals surface area (Å²) in [7, 11) is -1.68.